The SMILES string of the molecule is N#Cc1cc(F)c(C(O)C(=O)O)c(F)c1. The van der Waals surface area contributed by atoms with Gasteiger partial charge in [0, 0.05) is 0 Å². The van der Waals surface area contributed by atoms with Crippen LogP contribution in [0.3, 0.4) is 0 Å². The van der Waals surface area contributed by atoms with Crippen molar-refractivity contribution in [3.8, 4) is 6.07 Å². The molecule has 4 nitrogen and oxygen atoms in total. The minimum Gasteiger partial charge on any atom is -0.479 e. The van der Waals surface area contributed by atoms with E-state index >= 15 is 0 Å². The van der Waals surface area contributed by atoms with E-state index in [-0.39, 0.29) is 5.56 Å². The summed E-state index contributed by atoms with van der Waals surface area (Å²) in [6.45, 7) is 0. The summed E-state index contributed by atoms with van der Waals surface area (Å²) < 4.78 is 26.2. The molecule has 0 saturated heterocycles. The Hall–Kier alpha value is -2.00. The number of benzene rings is 1. The van der Waals surface area contributed by atoms with Crippen LogP contribution in [-0.2, 0) is 4.79 Å². The highest BCUT2D eigenvalue weighted by atomic mass is 19.1. The average Bonchev–Trinajstić information content (AvgIpc) is 2.16. The van der Waals surface area contributed by atoms with Crippen LogP contribution in [0.15, 0.2) is 12.1 Å². The van der Waals surface area contributed by atoms with Gasteiger partial charge in [0.15, 0.2) is 6.10 Å². The zero-order chi connectivity index (χ0) is 11.6. The summed E-state index contributed by atoms with van der Waals surface area (Å²) in [5.41, 5.74) is -1.26. The fourth-order valence-corrected chi connectivity index (χ4v) is 1.03. The quantitative estimate of drug-likeness (QED) is 0.766. The second-order valence-electron chi connectivity index (χ2n) is 2.71. The summed E-state index contributed by atoms with van der Waals surface area (Å²) in [6.07, 6.45) is -2.28. The Morgan fingerprint density at radius 1 is 1.40 bits per heavy atom. The van der Waals surface area contributed by atoms with Gasteiger partial charge in [-0.3, -0.25) is 0 Å². The van der Waals surface area contributed by atoms with Crippen LogP contribution in [0.5, 0.6) is 0 Å². The van der Waals surface area contributed by atoms with Crippen LogP contribution in [0.2, 0.25) is 0 Å². The first kappa shape index (κ1) is 11.1. The van der Waals surface area contributed by atoms with E-state index in [1.54, 1.807) is 0 Å². The number of aliphatic carboxylic acids is 1. The molecule has 1 unspecified atom stereocenters. The molecule has 1 aromatic carbocycles. The highest BCUT2D eigenvalue weighted by Gasteiger charge is 2.24. The Kier molecular flexibility index (Phi) is 2.97. The Bertz CT molecular complexity index is 430. The first-order valence-electron chi connectivity index (χ1n) is 3.77. The zero-order valence-corrected chi connectivity index (χ0v) is 7.24. The van der Waals surface area contributed by atoms with Crippen LogP contribution >= 0.6 is 0 Å². The van der Waals surface area contributed by atoms with Crippen molar-refractivity contribution in [3.63, 3.8) is 0 Å². The normalized spacial score (nSPS) is 11.9. The van der Waals surface area contributed by atoms with E-state index < -0.39 is 29.3 Å². The third-order valence-electron chi connectivity index (χ3n) is 1.72. The van der Waals surface area contributed by atoms with Crippen molar-refractivity contribution in [3.05, 3.63) is 34.9 Å². The molecule has 0 heterocycles. The van der Waals surface area contributed by atoms with Crippen LogP contribution in [0.1, 0.15) is 17.2 Å². The average molecular weight is 213 g/mol. The monoisotopic (exact) mass is 213 g/mol. The largest absolute Gasteiger partial charge is 0.479 e. The maximum atomic E-state index is 13.1. The molecule has 78 valence electrons. The van der Waals surface area contributed by atoms with Crippen LogP contribution in [0, 0.1) is 23.0 Å². The van der Waals surface area contributed by atoms with Crippen LogP contribution in [0.4, 0.5) is 8.78 Å². The lowest BCUT2D eigenvalue weighted by molar-refractivity contribution is -0.147. The van der Waals surface area contributed by atoms with E-state index in [1.807, 2.05) is 0 Å². The van der Waals surface area contributed by atoms with Gasteiger partial charge in [-0.05, 0) is 12.1 Å². The van der Waals surface area contributed by atoms with Crippen LogP contribution in [0.25, 0.3) is 0 Å². The summed E-state index contributed by atoms with van der Waals surface area (Å²) in [5.74, 6) is -4.29. The molecule has 0 radical (unpaired) electrons. The standard InChI is InChI=1S/C9H5F2NO3/c10-5-1-4(3-12)2-6(11)7(5)8(13)9(14)15/h1-2,8,13H,(H,14,15). The molecule has 0 aliphatic carbocycles. The second-order valence-corrected chi connectivity index (χ2v) is 2.71. The van der Waals surface area contributed by atoms with E-state index in [9.17, 15) is 13.6 Å². The Balaban J connectivity index is 3.33. The number of halogens is 2. The van der Waals surface area contributed by atoms with Gasteiger partial charge in [-0.2, -0.15) is 5.26 Å². The van der Waals surface area contributed by atoms with E-state index in [0.29, 0.717) is 12.1 Å². The summed E-state index contributed by atoms with van der Waals surface area (Å²) in [4.78, 5) is 10.3. The van der Waals surface area contributed by atoms with Crippen LogP contribution in [-0.4, -0.2) is 16.2 Å². The first-order chi connectivity index (χ1) is 6.97. The lowest BCUT2D eigenvalue weighted by Crippen LogP contribution is -2.14. The van der Waals surface area contributed by atoms with Gasteiger partial charge in [0.2, 0.25) is 0 Å². The predicted molar refractivity (Wildman–Crippen MR) is 43.7 cm³/mol. The Morgan fingerprint density at radius 3 is 2.20 bits per heavy atom. The Labute approximate surface area is 83.0 Å². The number of aliphatic hydroxyl groups is 1. The molecule has 1 rings (SSSR count). The molecule has 0 bridgehead atoms. The van der Waals surface area contributed by atoms with E-state index in [2.05, 4.69) is 0 Å². The number of carboxylic acids is 1. The number of carbonyl (C=O) groups is 1. The molecule has 0 amide bonds. The van der Waals surface area contributed by atoms with Gasteiger partial charge in [-0.25, -0.2) is 13.6 Å². The molecule has 2 N–H and O–H groups in total. The van der Waals surface area contributed by atoms with Gasteiger partial charge < -0.3 is 10.2 Å². The molecular weight excluding hydrogens is 208 g/mol. The summed E-state index contributed by atoms with van der Waals surface area (Å²) in [7, 11) is 0. The molecule has 15 heavy (non-hydrogen) atoms. The molecule has 0 fully saturated rings. The molecular formula is C9H5F2NO3. The molecule has 6 heteroatoms. The predicted octanol–water partition coefficient (Wildman–Crippen LogP) is 0.954. The maximum absolute atomic E-state index is 13.1. The highest BCUT2D eigenvalue weighted by molar-refractivity contribution is 5.74. The number of rotatable bonds is 2. The van der Waals surface area contributed by atoms with E-state index in [0.717, 1.165) is 0 Å². The maximum Gasteiger partial charge on any atom is 0.337 e. The smallest absolute Gasteiger partial charge is 0.337 e. The minimum absolute atomic E-state index is 0.286. The zero-order valence-electron chi connectivity index (χ0n) is 7.24. The van der Waals surface area contributed by atoms with Crippen molar-refractivity contribution in [1.29, 1.82) is 5.26 Å². The molecule has 1 atom stereocenters. The summed E-state index contributed by atoms with van der Waals surface area (Å²) >= 11 is 0. The summed E-state index contributed by atoms with van der Waals surface area (Å²) in [6, 6.07) is 2.81. The van der Waals surface area contributed by atoms with Crippen LogP contribution < -0.4 is 0 Å². The molecule has 0 aliphatic heterocycles. The van der Waals surface area contributed by atoms with Gasteiger partial charge in [0.25, 0.3) is 0 Å². The van der Waals surface area contributed by atoms with Crippen molar-refractivity contribution < 1.29 is 23.8 Å². The molecule has 0 spiro atoms. The van der Waals surface area contributed by atoms with Crippen molar-refractivity contribution in [2.24, 2.45) is 0 Å². The Morgan fingerprint density at radius 2 is 1.87 bits per heavy atom. The lowest BCUT2D eigenvalue weighted by atomic mass is 10.1. The molecule has 0 aromatic heterocycles. The van der Waals surface area contributed by atoms with Crippen molar-refractivity contribution in [2.45, 2.75) is 6.10 Å². The van der Waals surface area contributed by atoms with Gasteiger partial charge in [-0.15, -0.1) is 0 Å². The number of aliphatic hydroxyl groups excluding tert-OH is 1. The topological polar surface area (TPSA) is 81.3 Å². The van der Waals surface area contributed by atoms with Gasteiger partial charge in [-0.1, -0.05) is 0 Å². The number of nitrogens with zero attached hydrogens (tertiary/aromatic N) is 1. The minimum atomic E-state index is -2.28. The fraction of sp³-hybridized carbons (Fsp3) is 0.111. The van der Waals surface area contributed by atoms with Gasteiger partial charge in [0.1, 0.15) is 11.6 Å². The lowest BCUT2D eigenvalue weighted by Gasteiger charge is -2.08. The van der Waals surface area contributed by atoms with E-state index in [4.69, 9.17) is 15.5 Å². The molecule has 0 saturated carbocycles. The van der Waals surface area contributed by atoms with Crippen molar-refractivity contribution in [1.82, 2.24) is 0 Å². The summed E-state index contributed by atoms with van der Waals surface area (Å²) in [5, 5.41) is 25.7. The third-order valence-corrected chi connectivity index (χ3v) is 1.72. The highest BCUT2D eigenvalue weighted by Crippen LogP contribution is 2.22. The molecule has 0 aliphatic rings. The number of hydrogen-bond donors (Lipinski definition) is 2. The molecule has 1 aromatic rings. The fourth-order valence-electron chi connectivity index (χ4n) is 1.03. The van der Waals surface area contributed by atoms with Crippen molar-refractivity contribution in [2.75, 3.05) is 0 Å². The van der Waals surface area contributed by atoms with Crippen molar-refractivity contribution >= 4 is 5.97 Å². The number of nitriles is 1. The van der Waals surface area contributed by atoms with Gasteiger partial charge >= 0.3 is 5.97 Å². The number of carboxylic acid groups (broad SMARTS) is 1. The number of hydrogen-bond acceptors (Lipinski definition) is 3. The second kappa shape index (κ2) is 4.02. The van der Waals surface area contributed by atoms with E-state index in [1.165, 1.54) is 6.07 Å². The first-order valence-corrected chi connectivity index (χ1v) is 3.77. The third kappa shape index (κ3) is 2.08. The van der Waals surface area contributed by atoms with Gasteiger partial charge in [0.05, 0.1) is 17.2 Å².